The van der Waals surface area contributed by atoms with Gasteiger partial charge in [-0.15, -0.1) is 0 Å². The van der Waals surface area contributed by atoms with Crippen molar-refractivity contribution >= 4 is 5.84 Å². The maximum Gasteiger partial charge on any atom is 0.143 e. The molecule has 2 rings (SSSR count). The van der Waals surface area contributed by atoms with Crippen molar-refractivity contribution in [2.45, 2.75) is 26.2 Å². The lowest BCUT2D eigenvalue weighted by atomic mass is 9.77. The van der Waals surface area contributed by atoms with E-state index in [2.05, 4.69) is 41.2 Å². The highest BCUT2D eigenvalue weighted by atomic mass is 16.4. The zero-order chi connectivity index (χ0) is 13.8. The topological polar surface area (TPSA) is 61.8 Å². The number of hydrogen-bond acceptors (Lipinski definition) is 3. The van der Waals surface area contributed by atoms with Gasteiger partial charge in [0.05, 0.1) is 0 Å². The van der Waals surface area contributed by atoms with Gasteiger partial charge in [-0.1, -0.05) is 43.3 Å². The normalized spacial score (nSPS) is 19.9. The first-order valence-corrected chi connectivity index (χ1v) is 6.93. The van der Waals surface area contributed by atoms with Crippen LogP contribution in [0.5, 0.6) is 0 Å². The summed E-state index contributed by atoms with van der Waals surface area (Å²) in [6.45, 7) is 7.03. The minimum atomic E-state index is 0.0836. The largest absolute Gasteiger partial charge is 0.409 e. The summed E-state index contributed by atoms with van der Waals surface area (Å²) in [6.07, 6.45) is 1.17. The molecule has 0 amide bonds. The fourth-order valence-corrected chi connectivity index (χ4v) is 2.75. The SMILES string of the molecule is CCN(CC(C)C(N)=NO)CC1Cc2ccccc21. The van der Waals surface area contributed by atoms with E-state index in [1.54, 1.807) is 0 Å². The fraction of sp³-hybridized carbons (Fsp3) is 0.533. The first-order valence-electron chi connectivity index (χ1n) is 6.93. The van der Waals surface area contributed by atoms with Crippen LogP contribution in [-0.2, 0) is 6.42 Å². The smallest absolute Gasteiger partial charge is 0.143 e. The van der Waals surface area contributed by atoms with Gasteiger partial charge in [-0.25, -0.2) is 0 Å². The Morgan fingerprint density at radius 1 is 1.53 bits per heavy atom. The summed E-state index contributed by atoms with van der Waals surface area (Å²) in [5.41, 5.74) is 8.61. The lowest BCUT2D eigenvalue weighted by Gasteiger charge is -2.35. The Bertz CT molecular complexity index is 458. The molecule has 0 bridgehead atoms. The average molecular weight is 261 g/mol. The number of oxime groups is 1. The Balaban J connectivity index is 1.91. The number of nitrogens with two attached hydrogens (primary N) is 1. The summed E-state index contributed by atoms with van der Waals surface area (Å²) >= 11 is 0. The fourth-order valence-electron chi connectivity index (χ4n) is 2.75. The van der Waals surface area contributed by atoms with Gasteiger partial charge in [0, 0.05) is 24.9 Å². The number of fused-ring (bicyclic) bond motifs is 1. The Morgan fingerprint density at radius 2 is 2.26 bits per heavy atom. The maximum absolute atomic E-state index is 8.70. The molecule has 0 heterocycles. The molecule has 1 aromatic carbocycles. The molecule has 2 atom stereocenters. The molecule has 3 N–H and O–H groups in total. The van der Waals surface area contributed by atoms with Crippen LogP contribution < -0.4 is 5.73 Å². The van der Waals surface area contributed by atoms with E-state index in [0.29, 0.717) is 11.8 Å². The Hall–Kier alpha value is -1.55. The summed E-state index contributed by atoms with van der Waals surface area (Å²) in [5, 5.41) is 11.8. The van der Waals surface area contributed by atoms with E-state index in [1.165, 1.54) is 17.5 Å². The zero-order valence-corrected chi connectivity index (χ0v) is 11.7. The highest BCUT2D eigenvalue weighted by Crippen LogP contribution is 2.35. The summed E-state index contributed by atoms with van der Waals surface area (Å²) in [6, 6.07) is 8.65. The number of benzene rings is 1. The number of rotatable bonds is 6. The third kappa shape index (κ3) is 3.07. The van der Waals surface area contributed by atoms with Crippen LogP contribution in [0.4, 0.5) is 0 Å². The predicted molar refractivity (Wildman–Crippen MR) is 77.6 cm³/mol. The Labute approximate surface area is 114 Å². The number of likely N-dealkylation sites (N-methyl/N-ethyl adjacent to an activating group) is 1. The molecular formula is C15H23N3O. The van der Waals surface area contributed by atoms with Gasteiger partial charge >= 0.3 is 0 Å². The summed E-state index contributed by atoms with van der Waals surface area (Å²) in [5.74, 6) is 1.03. The van der Waals surface area contributed by atoms with Crippen molar-refractivity contribution in [2.24, 2.45) is 16.8 Å². The minimum Gasteiger partial charge on any atom is -0.409 e. The molecule has 0 aromatic heterocycles. The monoisotopic (exact) mass is 261 g/mol. The molecule has 4 nitrogen and oxygen atoms in total. The van der Waals surface area contributed by atoms with Crippen LogP contribution in [0.2, 0.25) is 0 Å². The molecular weight excluding hydrogens is 238 g/mol. The molecule has 0 spiro atoms. The van der Waals surface area contributed by atoms with Crippen LogP contribution in [0.1, 0.15) is 30.9 Å². The Kier molecular flexibility index (Phi) is 4.43. The van der Waals surface area contributed by atoms with Gasteiger partial charge in [-0.3, -0.25) is 0 Å². The van der Waals surface area contributed by atoms with Crippen LogP contribution in [0.25, 0.3) is 0 Å². The van der Waals surface area contributed by atoms with Crippen molar-refractivity contribution in [3.63, 3.8) is 0 Å². The summed E-state index contributed by atoms with van der Waals surface area (Å²) in [7, 11) is 0. The van der Waals surface area contributed by atoms with E-state index in [0.717, 1.165) is 19.6 Å². The van der Waals surface area contributed by atoms with Crippen LogP contribution >= 0.6 is 0 Å². The summed E-state index contributed by atoms with van der Waals surface area (Å²) in [4.78, 5) is 2.38. The van der Waals surface area contributed by atoms with Crippen molar-refractivity contribution in [2.75, 3.05) is 19.6 Å². The molecule has 0 fully saturated rings. The van der Waals surface area contributed by atoms with E-state index in [9.17, 15) is 0 Å². The first-order chi connectivity index (χ1) is 9.15. The number of hydrogen-bond donors (Lipinski definition) is 2. The summed E-state index contributed by atoms with van der Waals surface area (Å²) < 4.78 is 0. The lowest BCUT2D eigenvalue weighted by Crippen LogP contribution is -2.39. The van der Waals surface area contributed by atoms with Gasteiger partial charge < -0.3 is 15.8 Å². The second-order valence-electron chi connectivity index (χ2n) is 5.38. The van der Waals surface area contributed by atoms with Gasteiger partial charge in [0.2, 0.25) is 0 Å². The third-order valence-corrected chi connectivity index (χ3v) is 4.04. The number of nitrogens with zero attached hydrogens (tertiary/aromatic N) is 2. The molecule has 104 valence electrons. The van der Waals surface area contributed by atoms with Crippen molar-refractivity contribution in [1.82, 2.24) is 4.90 Å². The van der Waals surface area contributed by atoms with Crippen molar-refractivity contribution in [1.29, 1.82) is 0 Å². The van der Waals surface area contributed by atoms with Gasteiger partial charge in [0.1, 0.15) is 5.84 Å². The minimum absolute atomic E-state index is 0.0836. The van der Waals surface area contributed by atoms with E-state index in [4.69, 9.17) is 10.9 Å². The number of amidine groups is 1. The molecule has 1 aliphatic rings. The zero-order valence-electron chi connectivity index (χ0n) is 11.7. The molecule has 0 saturated heterocycles. The highest BCUT2D eigenvalue weighted by Gasteiger charge is 2.27. The van der Waals surface area contributed by atoms with Gasteiger partial charge in [0.15, 0.2) is 0 Å². The molecule has 1 aromatic rings. The van der Waals surface area contributed by atoms with Crippen LogP contribution in [-0.4, -0.2) is 35.6 Å². The van der Waals surface area contributed by atoms with Crippen molar-refractivity contribution in [3.8, 4) is 0 Å². The predicted octanol–water partition coefficient (Wildman–Crippen LogP) is 2.03. The molecule has 19 heavy (non-hydrogen) atoms. The van der Waals surface area contributed by atoms with Crippen molar-refractivity contribution < 1.29 is 5.21 Å². The van der Waals surface area contributed by atoms with E-state index >= 15 is 0 Å². The lowest BCUT2D eigenvalue weighted by molar-refractivity contribution is 0.242. The molecule has 2 unspecified atom stereocenters. The molecule has 1 aliphatic carbocycles. The van der Waals surface area contributed by atoms with E-state index in [1.807, 2.05) is 6.92 Å². The van der Waals surface area contributed by atoms with Gasteiger partial charge in [-0.05, 0) is 24.1 Å². The third-order valence-electron chi connectivity index (χ3n) is 4.04. The van der Waals surface area contributed by atoms with E-state index < -0.39 is 0 Å². The average Bonchev–Trinajstić information content (AvgIpc) is 2.42. The van der Waals surface area contributed by atoms with Crippen LogP contribution in [0.15, 0.2) is 29.4 Å². The van der Waals surface area contributed by atoms with Crippen LogP contribution in [0.3, 0.4) is 0 Å². The first kappa shape index (κ1) is 13.9. The highest BCUT2D eigenvalue weighted by molar-refractivity contribution is 5.82. The van der Waals surface area contributed by atoms with Gasteiger partial charge in [0.25, 0.3) is 0 Å². The standard InChI is InChI=1S/C15H23N3O/c1-3-18(9-11(2)15(16)17-19)10-13-8-12-6-4-5-7-14(12)13/h4-7,11,13,19H,3,8-10H2,1-2H3,(H2,16,17). The molecule has 0 radical (unpaired) electrons. The van der Waals surface area contributed by atoms with Crippen LogP contribution in [0, 0.1) is 5.92 Å². The second kappa shape index (κ2) is 6.06. The quantitative estimate of drug-likeness (QED) is 0.356. The molecule has 4 heteroatoms. The molecule has 0 aliphatic heterocycles. The maximum atomic E-state index is 8.70. The van der Waals surface area contributed by atoms with Gasteiger partial charge in [-0.2, -0.15) is 0 Å². The van der Waals surface area contributed by atoms with Crippen molar-refractivity contribution in [3.05, 3.63) is 35.4 Å². The van der Waals surface area contributed by atoms with E-state index in [-0.39, 0.29) is 5.92 Å². The second-order valence-corrected chi connectivity index (χ2v) is 5.38. The Morgan fingerprint density at radius 3 is 2.89 bits per heavy atom. The molecule has 0 saturated carbocycles.